The Labute approximate surface area is 266 Å². The molecule has 6 rings (SSSR count). The molecule has 1 aliphatic carbocycles. The lowest BCUT2D eigenvalue weighted by Crippen LogP contribution is -2.44. The summed E-state index contributed by atoms with van der Waals surface area (Å²) in [7, 11) is 0. The number of fused-ring (bicyclic) bond motifs is 1. The number of aliphatic hydroxyl groups excluding tert-OH is 1. The summed E-state index contributed by atoms with van der Waals surface area (Å²) in [6, 6.07) is 22.2. The summed E-state index contributed by atoms with van der Waals surface area (Å²) < 4.78 is 22.2. The average molecular weight is 622 g/mol. The van der Waals surface area contributed by atoms with E-state index in [4.69, 9.17) is 9.84 Å². The van der Waals surface area contributed by atoms with Crippen molar-refractivity contribution in [3.05, 3.63) is 114 Å². The molecule has 1 aliphatic rings. The number of aliphatic hydroxyl groups is 1. The zero-order valence-electron chi connectivity index (χ0n) is 25.6. The van der Waals surface area contributed by atoms with E-state index in [1.54, 1.807) is 12.3 Å². The van der Waals surface area contributed by atoms with Crippen LogP contribution in [0.2, 0.25) is 0 Å². The summed E-state index contributed by atoms with van der Waals surface area (Å²) in [5.41, 5.74) is 5.15. The van der Waals surface area contributed by atoms with Crippen molar-refractivity contribution in [3.8, 4) is 22.8 Å². The Hall–Kier alpha value is -5.09. The maximum atomic E-state index is 14.3. The van der Waals surface area contributed by atoms with Crippen molar-refractivity contribution in [2.75, 3.05) is 6.61 Å². The zero-order valence-corrected chi connectivity index (χ0v) is 25.6. The molecule has 1 fully saturated rings. The fourth-order valence-electron chi connectivity index (χ4n) is 5.83. The van der Waals surface area contributed by atoms with Crippen molar-refractivity contribution in [1.82, 2.24) is 25.0 Å². The lowest BCUT2D eigenvalue weighted by molar-refractivity contribution is 0.0888. The van der Waals surface area contributed by atoms with Crippen LogP contribution in [0.3, 0.4) is 0 Å². The number of benzene rings is 2. The molecule has 236 valence electrons. The van der Waals surface area contributed by atoms with Gasteiger partial charge in [0.15, 0.2) is 0 Å². The van der Waals surface area contributed by atoms with Gasteiger partial charge >= 0.3 is 0 Å². The second kappa shape index (κ2) is 13.9. The first-order valence-corrected chi connectivity index (χ1v) is 15.6. The Bertz CT molecular complexity index is 1850. The number of nitrogens with one attached hydrogen (secondary N) is 2. The molecule has 0 radical (unpaired) electrons. The molecule has 0 unspecified atom stereocenters. The van der Waals surface area contributed by atoms with Crippen molar-refractivity contribution in [3.63, 3.8) is 0 Å². The van der Waals surface area contributed by atoms with Gasteiger partial charge in [-0.25, -0.2) is 14.4 Å². The molecule has 46 heavy (non-hydrogen) atoms. The minimum absolute atomic E-state index is 0.0104. The van der Waals surface area contributed by atoms with Crippen LogP contribution < -0.4 is 15.4 Å². The Morgan fingerprint density at radius 3 is 2.37 bits per heavy atom. The second-order valence-corrected chi connectivity index (χ2v) is 11.7. The summed E-state index contributed by atoms with van der Waals surface area (Å²) >= 11 is 0. The normalized spacial score (nSPS) is 16.2. The molecule has 3 aromatic heterocycles. The zero-order chi connectivity index (χ0) is 32.0. The van der Waals surface area contributed by atoms with E-state index >= 15 is 0 Å². The quantitative estimate of drug-likeness (QED) is 0.175. The van der Waals surface area contributed by atoms with Crippen molar-refractivity contribution < 1.29 is 23.8 Å². The van der Waals surface area contributed by atoms with Gasteiger partial charge < -0.3 is 24.9 Å². The summed E-state index contributed by atoms with van der Waals surface area (Å²) in [6.45, 7) is 2.12. The average Bonchev–Trinajstić information content (AvgIpc) is 3.52. The van der Waals surface area contributed by atoms with Gasteiger partial charge in [-0.3, -0.25) is 9.59 Å². The number of amides is 2. The van der Waals surface area contributed by atoms with Crippen LogP contribution in [0.15, 0.2) is 85.2 Å². The van der Waals surface area contributed by atoms with Crippen LogP contribution in [-0.2, 0) is 6.42 Å². The number of imidazole rings is 1. The molecule has 0 atom stereocenters. The highest BCUT2D eigenvalue weighted by Crippen LogP contribution is 2.29. The molecule has 0 spiro atoms. The van der Waals surface area contributed by atoms with Gasteiger partial charge in [0.05, 0.1) is 6.20 Å². The van der Waals surface area contributed by atoms with Gasteiger partial charge in [-0.1, -0.05) is 42.5 Å². The third kappa shape index (κ3) is 7.24. The van der Waals surface area contributed by atoms with Crippen LogP contribution >= 0.6 is 0 Å². The molecule has 5 aromatic rings. The monoisotopic (exact) mass is 621 g/mol. The third-order valence-electron chi connectivity index (χ3n) is 8.35. The summed E-state index contributed by atoms with van der Waals surface area (Å²) in [5, 5.41) is 15.2. The molecule has 3 heterocycles. The molecule has 0 saturated heterocycles. The number of carbonyl (C=O) groups excluding carboxylic acids is 2. The summed E-state index contributed by atoms with van der Waals surface area (Å²) in [6.07, 6.45) is 6.97. The molecule has 3 N–H and O–H groups in total. The molecule has 1 saturated carbocycles. The number of hydrogen-bond donors (Lipinski definition) is 3. The van der Waals surface area contributed by atoms with Crippen molar-refractivity contribution in [2.24, 2.45) is 0 Å². The highest BCUT2D eigenvalue weighted by molar-refractivity contribution is 5.96. The van der Waals surface area contributed by atoms with Crippen LogP contribution in [0, 0.1) is 12.7 Å². The summed E-state index contributed by atoms with van der Waals surface area (Å²) in [5.74, 6) is -0.848. The Balaban J connectivity index is 1.06. The third-order valence-corrected chi connectivity index (χ3v) is 8.35. The Morgan fingerprint density at radius 2 is 1.65 bits per heavy atom. The van der Waals surface area contributed by atoms with E-state index in [1.807, 2.05) is 72.0 Å². The van der Waals surface area contributed by atoms with E-state index in [2.05, 4.69) is 20.6 Å². The topological polar surface area (TPSA) is 118 Å². The molecular formula is C36H36FN5O4. The van der Waals surface area contributed by atoms with E-state index in [0.29, 0.717) is 43.5 Å². The predicted octanol–water partition coefficient (Wildman–Crippen LogP) is 6.03. The lowest BCUT2D eigenvalue weighted by atomic mass is 9.91. The lowest BCUT2D eigenvalue weighted by Gasteiger charge is -2.29. The van der Waals surface area contributed by atoms with Crippen LogP contribution in [0.4, 0.5) is 4.39 Å². The fourth-order valence-corrected chi connectivity index (χ4v) is 5.83. The molecule has 2 amide bonds. The number of rotatable bonds is 10. The molecule has 9 nitrogen and oxygen atoms in total. The maximum absolute atomic E-state index is 14.3. The van der Waals surface area contributed by atoms with Gasteiger partial charge in [-0.15, -0.1) is 0 Å². The van der Waals surface area contributed by atoms with Crippen molar-refractivity contribution in [1.29, 1.82) is 0 Å². The number of ether oxygens (including phenoxy) is 1. The number of halogens is 1. The summed E-state index contributed by atoms with van der Waals surface area (Å²) in [4.78, 5) is 34.8. The van der Waals surface area contributed by atoms with Crippen LogP contribution in [0.5, 0.6) is 11.6 Å². The van der Waals surface area contributed by atoms with E-state index in [1.165, 1.54) is 0 Å². The van der Waals surface area contributed by atoms with Gasteiger partial charge in [-0.05, 0) is 92.5 Å². The van der Waals surface area contributed by atoms with Crippen molar-refractivity contribution in [2.45, 2.75) is 57.5 Å². The van der Waals surface area contributed by atoms with Crippen LogP contribution in [-0.4, -0.2) is 50.0 Å². The van der Waals surface area contributed by atoms with Crippen LogP contribution in [0.1, 0.15) is 64.2 Å². The second-order valence-electron chi connectivity index (χ2n) is 11.7. The van der Waals surface area contributed by atoms with Gasteiger partial charge in [-0.2, -0.15) is 0 Å². The van der Waals surface area contributed by atoms with Crippen molar-refractivity contribution >= 4 is 17.5 Å². The first kappa shape index (κ1) is 30.9. The molecule has 10 heteroatoms. The highest BCUT2D eigenvalue weighted by Gasteiger charge is 2.26. The number of nitrogens with zero attached hydrogens (tertiary/aromatic N) is 3. The number of pyridine rings is 2. The highest BCUT2D eigenvalue weighted by atomic mass is 19.1. The number of aromatic nitrogens is 3. The largest absolute Gasteiger partial charge is 0.438 e. The standard InChI is InChI=1S/C36H36FN5O4/c1-23-5-2-9-33-41-32(22-42(23)33)35(45)40-29-16-14-28(15-17-29)39-34(44)31-20-27(37)21-38-36(31)46-30-8-3-7-26(19-30)25-12-10-24(11-13-25)6-4-18-43/h2-3,5,7-13,19-22,28-29,43H,4,6,14-18H2,1H3,(H,39,44)(H,40,45). The molecule has 0 bridgehead atoms. The maximum Gasteiger partial charge on any atom is 0.271 e. The smallest absolute Gasteiger partial charge is 0.271 e. The van der Waals surface area contributed by atoms with E-state index in [-0.39, 0.29) is 36.0 Å². The predicted molar refractivity (Wildman–Crippen MR) is 172 cm³/mol. The minimum Gasteiger partial charge on any atom is -0.438 e. The fraction of sp³-hybridized carbons (Fsp3) is 0.278. The molecular weight excluding hydrogens is 585 g/mol. The number of hydrogen-bond acceptors (Lipinski definition) is 6. The number of carbonyl (C=O) groups is 2. The van der Waals surface area contributed by atoms with Gasteiger partial charge in [0.1, 0.15) is 28.5 Å². The van der Waals surface area contributed by atoms with Gasteiger partial charge in [0, 0.05) is 30.6 Å². The SMILES string of the molecule is Cc1cccc2nc(C(=O)NC3CCC(NC(=O)c4cc(F)cnc4Oc4cccc(-c5ccc(CCCO)cc5)c4)CC3)cn12. The first-order valence-electron chi connectivity index (χ1n) is 15.6. The van der Waals surface area contributed by atoms with E-state index in [9.17, 15) is 14.0 Å². The molecule has 2 aromatic carbocycles. The minimum atomic E-state index is -0.638. The Kier molecular flexibility index (Phi) is 9.35. The van der Waals surface area contributed by atoms with Gasteiger partial charge in [0.25, 0.3) is 11.8 Å². The Morgan fingerprint density at radius 1 is 0.935 bits per heavy atom. The van der Waals surface area contributed by atoms with Gasteiger partial charge in [0.2, 0.25) is 5.88 Å². The van der Waals surface area contributed by atoms with E-state index < -0.39 is 11.7 Å². The molecule has 0 aliphatic heterocycles. The van der Waals surface area contributed by atoms with Crippen LogP contribution in [0.25, 0.3) is 16.8 Å². The first-order chi connectivity index (χ1) is 22.4. The van der Waals surface area contributed by atoms with E-state index in [0.717, 1.165) is 46.7 Å². The number of aryl methyl sites for hydroxylation is 2.